The number of benzene rings is 1. The molecule has 12 nitrogen and oxygen atoms in total. The van der Waals surface area contributed by atoms with Crippen molar-refractivity contribution in [3.63, 3.8) is 0 Å². The van der Waals surface area contributed by atoms with Gasteiger partial charge in [0, 0.05) is 54.9 Å². The molecular weight excluding hydrogens is 646 g/mol. The molecule has 0 aromatic heterocycles. The lowest BCUT2D eigenvalue weighted by molar-refractivity contribution is -0.341. The number of nitrogens with one attached hydrogen (secondary N) is 1. The van der Waals surface area contributed by atoms with Gasteiger partial charge in [-0.15, -0.1) is 0 Å². The van der Waals surface area contributed by atoms with Crippen LogP contribution in [-0.2, 0) is 23.7 Å². The third-order valence-corrected chi connectivity index (χ3v) is 10.3. The largest absolute Gasteiger partial charge is 0.507 e. The fourth-order valence-electron chi connectivity index (χ4n) is 7.31. The molecule has 1 amide bonds. The number of ether oxygens (including phenoxy) is 5. The van der Waals surface area contributed by atoms with Gasteiger partial charge in [0.1, 0.15) is 11.5 Å². The van der Waals surface area contributed by atoms with E-state index >= 15 is 0 Å². The predicted octanol–water partition coefficient (Wildman–Crippen LogP) is 4.86. The number of rotatable bonds is 1. The molecular formula is C38H47NO11. The first kappa shape index (κ1) is 37.2. The van der Waals surface area contributed by atoms with E-state index in [0.29, 0.717) is 0 Å². The number of phenols is 1. The molecule has 270 valence electrons. The normalized spacial score (nSPS) is 34.5. The van der Waals surface area contributed by atoms with Crippen LogP contribution in [0, 0.1) is 30.6 Å². The second kappa shape index (κ2) is 13.6. The number of phenolic OH excluding ortho intramolecular Hbond substituents is 1. The van der Waals surface area contributed by atoms with Crippen LogP contribution in [0.5, 0.6) is 11.5 Å². The first-order valence-corrected chi connectivity index (χ1v) is 16.8. The molecule has 0 saturated carbocycles. The second-order valence-corrected chi connectivity index (χ2v) is 14.4. The topological polar surface area (TPSA) is 167 Å². The van der Waals surface area contributed by atoms with Gasteiger partial charge in [-0.05, 0) is 33.8 Å². The maximum Gasteiger partial charge on any atom is 0.312 e. The molecule has 1 saturated heterocycles. The summed E-state index contributed by atoms with van der Waals surface area (Å²) >= 11 is 0. The van der Waals surface area contributed by atoms with Crippen molar-refractivity contribution in [2.24, 2.45) is 23.7 Å². The lowest BCUT2D eigenvalue weighted by atomic mass is 9.77. The fourth-order valence-corrected chi connectivity index (χ4v) is 7.31. The van der Waals surface area contributed by atoms with Gasteiger partial charge in [0.15, 0.2) is 11.6 Å². The molecule has 5 aliphatic rings. The monoisotopic (exact) mass is 693 g/mol. The highest BCUT2D eigenvalue weighted by molar-refractivity contribution is 6.30. The molecule has 1 aromatic carbocycles. The molecule has 1 fully saturated rings. The Bertz CT molecular complexity index is 1740. The number of carbonyl (C=O) groups is 4. The molecule has 12 heteroatoms. The molecule has 0 spiro atoms. The van der Waals surface area contributed by atoms with Crippen LogP contribution in [0.25, 0.3) is 0 Å². The molecule has 1 aliphatic carbocycles. The zero-order valence-corrected chi connectivity index (χ0v) is 30.2. The predicted molar refractivity (Wildman–Crippen MR) is 182 cm³/mol. The number of methoxy groups -OCH3 is 1. The average molecular weight is 694 g/mol. The van der Waals surface area contributed by atoms with Crippen molar-refractivity contribution in [1.29, 1.82) is 0 Å². The van der Waals surface area contributed by atoms with Crippen molar-refractivity contribution in [2.45, 2.75) is 98.3 Å². The Labute approximate surface area is 292 Å². The minimum absolute atomic E-state index is 0.0561. The number of Topliss-reactive ketones (excluding diaryl/α,β-unsaturated/α-hetero) is 2. The Morgan fingerprint density at radius 2 is 1.52 bits per heavy atom. The van der Waals surface area contributed by atoms with Crippen molar-refractivity contribution < 1.29 is 53.1 Å². The first-order chi connectivity index (χ1) is 23.3. The van der Waals surface area contributed by atoms with Gasteiger partial charge >= 0.3 is 5.79 Å². The Morgan fingerprint density at radius 3 is 2.16 bits per heavy atom. The summed E-state index contributed by atoms with van der Waals surface area (Å²) in [5.41, 5.74) is -1.02. The number of ketones is 3. The van der Waals surface area contributed by atoms with E-state index in [1.165, 1.54) is 33.1 Å². The van der Waals surface area contributed by atoms with Crippen LogP contribution in [0.15, 0.2) is 47.9 Å². The minimum Gasteiger partial charge on any atom is -0.507 e. The Morgan fingerprint density at radius 1 is 0.880 bits per heavy atom. The van der Waals surface area contributed by atoms with Gasteiger partial charge in [0.25, 0.3) is 11.7 Å². The number of hydrogen-bond donors (Lipinski definition) is 3. The number of carbonyl (C=O) groups excluding carboxylic acids is 4. The average Bonchev–Trinajstić information content (AvgIpc) is 3.32. The van der Waals surface area contributed by atoms with Crippen LogP contribution < -0.4 is 10.1 Å². The Kier molecular flexibility index (Phi) is 10.1. The SMILES string of the molecule is CO[C@@H]1C=CO[C@@]2(C)Oc3c(C)c(O)c4c(c3C2=O)C(=O)C=C(NC(=O)C(C)=CC=C[C@H](C)[C@H](O)[C@H](C)[C@H]2OC(C)(C)O[C@H]([C@@H]2C)[C@H]1C)C4=O. The lowest BCUT2D eigenvalue weighted by Crippen LogP contribution is -2.57. The summed E-state index contributed by atoms with van der Waals surface area (Å²) in [4.78, 5) is 54.2. The van der Waals surface area contributed by atoms with Gasteiger partial charge < -0.3 is 39.2 Å². The summed E-state index contributed by atoms with van der Waals surface area (Å²) in [5.74, 6) is -7.64. The van der Waals surface area contributed by atoms with E-state index < -0.39 is 58.4 Å². The number of aliphatic hydroxyl groups is 1. The van der Waals surface area contributed by atoms with Crippen molar-refractivity contribution in [1.82, 2.24) is 5.32 Å². The molecule has 4 aliphatic heterocycles. The van der Waals surface area contributed by atoms with E-state index in [1.807, 2.05) is 41.5 Å². The van der Waals surface area contributed by atoms with Gasteiger partial charge in [-0.25, -0.2) is 0 Å². The standard InChI is InChI=1S/C38H47NO11/c1-17-12-11-13-18(2)36(45)39-23-16-24(40)26-27(31(23)43)30(42)21(5)34-28(26)35(44)38(9,50-34)47-15-14-25(46-10)19(3)32-22(6)33(20(4)29(17)41)49-37(7,8)48-32/h11-17,19-20,22,25,29,32-33,41-42H,1-10H3,(H,39,45)/t17-,19-,20-,22-,25+,29-,32-,33+,38-/m0/s1. The van der Waals surface area contributed by atoms with E-state index in [1.54, 1.807) is 25.3 Å². The maximum absolute atomic E-state index is 13.9. The zero-order chi connectivity index (χ0) is 37.0. The molecule has 0 radical (unpaired) electrons. The van der Waals surface area contributed by atoms with Crippen LogP contribution in [0.2, 0.25) is 0 Å². The van der Waals surface area contributed by atoms with E-state index in [4.69, 9.17) is 23.7 Å². The van der Waals surface area contributed by atoms with E-state index in [9.17, 15) is 29.4 Å². The summed E-state index contributed by atoms with van der Waals surface area (Å²) in [7, 11) is 1.55. The molecule has 9 atom stereocenters. The summed E-state index contributed by atoms with van der Waals surface area (Å²) in [5, 5.41) is 25.0. The summed E-state index contributed by atoms with van der Waals surface area (Å²) in [6.45, 7) is 15.8. The highest BCUT2D eigenvalue weighted by Crippen LogP contribution is 2.48. The molecule has 3 N–H and O–H groups in total. The van der Waals surface area contributed by atoms with E-state index in [0.717, 1.165) is 6.08 Å². The smallest absolute Gasteiger partial charge is 0.312 e. The number of amides is 1. The number of hydrogen-bond acceptors (Lipinski definition) is 11. The first-order valence-electron chi connectivity index (χ1n) is 16.8. The third kappa shape index (κ3) is 6.45. The lowest BCUT2D eigenvalue weighted by Gasteiger charge is -2.50. The van der Waals surface area contributed by atoms with Gasteiger partial charge in [-0.1, -0.05) is 45.9 Å². The number of fused-ring (bicyclic) bond motifs is 10. The van der Waals surface area contributed by atoms with Crippen molar-refractivity contribution >= 4 is 23.3 Å². The van der Waals surface area contributed by atoms with Gasteiger partial charge in [0.05, 0.1) is 53.1 Å². The van der Waals surface area contributed by atoms with Crippen LogP contribution in [-0.4, -0.2) is 76.6 Å². The van der Waals surface area contributed by atoms with E-state index in [2.05, 4.69) is 5.32 Å². The van der Waals surface area contributed by atoms with E-state index in [-0.39, 0.29) is 69.6 Å². The highest BCUT2D eigenvalue weighted by atomic mass is 16.7. The molecule has 7 bridgehead atoms. The summed E-state index contributed by atoms with van der Waals surface area (Å²) in [6, 6.07) is 0. The molecule has 50 heavy (non-hydrogen) atoms. The van der Waals surface area contributed by atoms with Crippen LogP contribution in [0.4, 0.5) is 0 Å². The highest BCUT2D eigenvalue weighted by Gasteiger charge is 2.52. The second-order valence-electron chi connectivity index (χ2n) is 14.4. The summed E-state index contributed by atoms with van der Waals surface area (Å²) in [6.07, 6.45) is 6.66. The van der Waals surface area contributed by atoms with Gasteiger partial charge in [-0.3, -0.25) is 19.2 Å². The van der Waals surface area contributed by atoms with Gasteiger partial charge in [-0.2, -0.15) is 0 Å². The quantitative estimate of drug-likeness (QED) is 0.368. The minimum atomic E-state index is -1.95. The molecule has 4 heterocycles. The van der Waals surface area contributed by atoms with Crippen molar-refractivity contribution in [3.05, 3.63) is 70.2 Å². The number of allylic oxidation sites excluding steroid dienone is 4. The number of aromatic hydroxyl groups is 1. The zero-order valence-electron chi connectivity index (χ0n) is 30.2. The Hall–Kier alpha value is -4.10. The van der Waals surface area contributed by atoms with Crippen molar-refractivity contribution in [2.75, 3.05) is 7.11 Å². The molecule has 1 aromatic rings. The fraction of sp³-hybridized carbons (Fsp3) is 0.526. The van der Waals surface area contributed by atoms with Crippen LogP contribution in [0.1, 0.15) is 92.0 Å². The third-order valence-electron chi connectivity index (χ3n) is 10.3. The Balaban J connectivity index is 1.59. The summed E-state index contributed by atoms with van der Waals surface area (Å²) < 4.78 is 30.6. The van der Waals surface area contributed by atoms with Crippen molar-refractivity contribution in [3.8, 4) is 11.5 Å². The van der Waals surface area contributed by atoms with Gasteiger partial charge in [0.2, 0.25) is 5.78 Å². The van der Waals surface area contributed by atoms with Crippen LogP contribution >= 0.6 is 0 Å². The number of aliphatic hydroxyl groups excluding tert-OH is 1. The molecule has 6 rings (SSSR count). The molecule has 0 unspecified atom stereocenters. The van der Waals surface area contributed by atoms with Crippen LogP contribution in [0.3, 0.4) is 0 Å². The maximum atomic E-state index is 13.9.